The minimum atomic E-state index is -4.28. The number of carbonyl (C=O) groups excluding carboxylic acids is 2. The van der Waals surface area contributed by atoms with Crippen LogP contribution in [0.25, 0.3) is 0 Å². The van der Waals surface area contributed by atoms with Crippen molar-refractivity contribution in [2.24, 2.45) is 5.92 Å². The number of amides is 2. The Morgan fingerprint density at radius 1 is 0.929 bits per heavy atom. The van der Waals surface area contributed by atoms with E-state index in [0.717, 1.165) is 4.31 Å². The highest BCUT2D eigenvalue weighted by molar-refractivity contribution is 7.92. The van der Waals surface area contributed by atoms with Crippen LogP contribution in [0.3, 0.4) is 0 Å². The van der Waals surface area contributed by atoms with E-state index in [4.69, 9.17) is 39.5 Å². The molecule has 0 saturated carbocycles. The molecule has 0 unspecified atom stereocenters. The van der Waals surface area contributed by atoms with Crippen LogP contribution < -0.4 is 14.4 Å². The summed E-state index contributed by atoms with van der Waals surface area (Å²) in [5, 5.41) is 3.84. The summed E-state index contributed by atoms with van der Waals surface area (Å²) in [5.74, 6) is -0.518. The Kier molecular flexibility index (Phi) is 11.9. The molecule has 0 fully saturated rings. The maximum absolute atomic E-state index is 14.1. The second-order valence-corrected chi connectivity index (χ2v) is 13.1. The Morgan fingerprint density at radius 3 is 2.21 bits per heavy atom. The van der Waals surface area contributed by atoms with E-state index in [1.807, 2.05) is 13.8 Å². The number of nitrogens with one attached hydrogen (secondary N) is 1. The number of halogens is 3. The second-order valence-electron chi connectivity index (χ2n) is 9.95. The third-order valence-corrected chi connectivity index (χ3v) is 9.07. The van der Waals surface area contributed by atoms with Gasteiger partial charge in [0, 0.05) is 18.1 Å². The van der Waals surface area contributed by atoms with E-state index in [1.165, 1.54) is 29.2 Å². The monoisotopic (exact) mass is 653 g/mol. The van der Waals surface area contributed by atoms with Crippen molar-refractivity contribution in [2.75, 3.05) is 24.0 Å². The molecule has 0 spiro atoms. The van der Waals surface area contributed by atoms with Crippen molar-refractivity contribution in [3.63, 3.8) is 0 Å². The highest BCUT2D eigenvalue weighted by Gasteiger charge is 2.34. The average molecular weight is 655 g/mol. The molecule has 3 aromatic rings. The number of hydrogen-bond acceptors (Lipinski definition) is 5. The van der Waals surface area contributed by atoms with Gasteiger partial charge in [0.2, 0.25) is 11.8 Å². The zero-order valence-electron chi connectivity index (χ0n) is 23.8. The van der Waals surface area contributed by atoms with Gasteiger partial charge in [-0.1, -0.05) is 66.8 Å². The fourth-order valence-electron chi connectivity index (χ4n) is 4.06. The molecule has 0 bridgehead atoms. The molecule has 0 radical (unpaired) electrons. The van der Waals surface area contributed by atoms with E-state index in [9.17, 15) is 18.0 Å². The molecule has 0 heterocycles. The standard InChI is InChI=1S/C30H34Cl3N3O5S/c1-5-41-28-9-7-6-8-27(28)36(42(39,40)24-13-11-23(31)12-14-24)19-29(37)35(21(4)30(38)34-17-20(2)3)18-22-10-15-25(32)26(33)16-22/h6-16,20-21H,5,17-19H2,1-4H3,(H,34,38)/t21-/m0/s1. The van der Waals surface area contributed by atoms with E-state index in [-0.39, 0.29) is 46.3 Å². The molecule has 226 valence electrons. The van der Waals surface area contributed by atoms with Gasteiger partial charge in [-0.25, -0.2) is 8.42 Å². The van der Waals surface area contributed by atoms with Crippen LogP contribution in [0.15, 0.2) is 71.6 Å². The average Bonchev–Trinajstić information content (AvgIpc) is 2.95. The molecular formula is C30H34Cl3N3O5S. The maximum atomic E-state index is 14.1. The van der Waals surface area contributed by atoms with E-state index in [0.29, 0.717) is 22.2 Å². The van der Waals surface area contributed by atoms with Crippen molar-refractivity contribution in [2.45, 2.75) is 45.2 Å². The van der Waals surface area contributed by atoms with Crippen molar-refractivity contribution >= 4 is 62.3 Å². The van der Waals surface area contributed by atoms with E-state index in [1.54, 1.807) is 56.3 Å². The smallest absolute Gasteiger partial charge is 0.264 e. The van der Waals surface area contributed by atoms with Crippen molar-refractivity contribution < 1.29 is 22.7 Å². The summed E-state index contributed by atoms with van der Waals surface area (Å²) >= 11 is 18.3. The highest BCUT2D eigenvalue weighted by Crippen LogP contribution is 2.33. The lowest BCUT2D eigenvalue weighted by Gasteiger charge is -2.32. The molecule has 0 aliphatic heterocycles. The van der Waals surface area contributed by atoms with Gasteiger partial charge in [0.05, 0.1) is 27.2 Å². The van der Waals surface area contributed by atoms with Crippen LogP contribution >= 0.6 is 34.8 Å². The van der Waals surface area contributed by atoms with Gasteiger partial charge < -0.3 is 15.0 Å². The SMILES string of the molecule is CCOc1ccccc1N(CC(=O)N(Cc1ccc(Cl)c(Cl)c1)[C@@H](C)C(=O)NCC(C)C)S(=O)(=O)c1ccc(Cl)cc1. The molecule has 1 N–H and O–H groups in total. The van der Waals surface area contributed by atoms with Gasteiger partial charge in [-0.2, -0.15) is 0 Å². The summed E-state index contributed by atoms with van der Waals surface area (Å²) < 4.78 is 34.8. The van der Waals surface area contributed by atoms with Crippen LogP contribution in [0.2, 0.25) is 15.1 Å². The maximum Gasteiger partial charge on any atom is 0.264 e. The van der Waals surface area contributed by atoms with Gasteiger partial charge in [-0.15, -0.1) is 0 Å². The first-order valence-corrected chi connectivity index (χ1v) is 15.9. The number of ether oxygens (including phenoxy) is 1. The largest absolute Gasteiger partial charge is 0.492 e. The summed E-state index contributed by atoms with van der Waals surface area (Å²) in [4.78, 5) is 28.5. The lowest BCUT2D eigenvalue weighted by molar-refractivity contribution is -0.139. The molecule has 0 saturated heterocycles. The number of anilines is 1. The van der Waals surface area contributed by atoms with Crippen LogP contribution in [-0.4, -0.2) is 50.9 Å². The molecule has 0 aliphatic rings. The topological polar surface area (TPSA) is 96.0 Å². The normalized spacial score (nSPS) is 12.1. The minimum absolute atomic E-state index is 0.0199. The first kappa shape index (κ1) is 33.5. The third kappa shape index (κ3) is 8.53. The van der Waals surface area contributed by atoms with Crippen molar-refractivity contribution in [3.8, 4) is 5.75 Å². The Balaban J connectivity index is 2.08. The summed E-state index contributed by atoms with van der Waals surface area (Å²) in [6.07, 6.45) is 0. The second kappa shape index (κ2) is 15.0. The zero-order chi connectivity index (χ0) is 31.0. The van der Waals surface area contributed by atoms with Crippen molar-refractivity contribution in [1.82, 2.24) is 10.2 Å². The van der Waals surface area contributed by atoms with Gasteiger partial charge in [0.1, 0.15) is 18.3 Å². The van der Waals surface area contributed by atoms with Crippen molar-refractivity contribution in [1.29, 1.82) is 0 Å². The van der Waals surface area contributed by atoms with Crippen LogP contribution in [0.4, 0.5) is 5.69 Å². The predicted molar refractivity (Wildman–Crippen MR) is 168 cm³/mol. The Hall–Kier alpha value is -2.98. The third-order valence-electron chi connectivity index (χ3n) is 6.30. The van der Waals surface area contributed by atoms with E-state index < -0.39 is 28.5 Å². The summed E-state index contributed by atoms with van der Waals surface area (Å²) in [6.45, 7) is 7.34. The lowest BCUT2D eigenvalue weighted by atomic mass is 10.1. The van der Waals surface area contributed by atoms with Crippen LogP contribution in [0.1, 0.15) is 33.3 Å². The molecule has 2 amide bonds. The summed E-state index contributed by atoms with van der Waals surface area (Å²) in [6, 6.07) is 16.2. The Bertz CT molecular complexity index is 1500. The predicted octanol–water partition coefficient (Wildman–Crippen LogP) is 6.43. The van der Waals surface area contributed by atoms with Gasteiger partial charge >= 0.3 is 0 Å². The molecule has 3 rings (SSSR count). The number of para-hydroxylation sites is 2. The van der Waals surface area contributed by atoms with Gasteiger partial charge in [0.25, 0.3) is 10.0 Å². The van der Waals surface area contributed by atoms with Crippen molar-refractivity contribution in [3.05, 3.63) is 87.4 Å². The summed E-state index contributed by atoms with van der Waals surface area (Å²) in [7, 11) is -4.28. The lowest BCUT2D eigenvalue weighted by Crippen LogP contribution is -2.51. The molecular weight excluding hydrogens is 621 g/mol. The molecule has 12 heteroatoms. The van der Waals surface area contributed by atoms with E-state index in [2.05, 4.69) is 5.32 Å². The minimum Gasteiger partial charge on any atom is -0.492 e. The molecule has 1 atom stereocenters. The van der Waals surface area contributed by atoms with Crippen LogP contribution in [0, 0.1) is 5.92 Å². The molecule has 8 nitrogen and oxygen atoms in total. The number of hydrogen-bond donors (Lipinski definition) is 1. The highest BCUT2D eigenvalue weighted by atomic mass is 35.5. The first-order valence-electron chi connectivity index (χ1n) is 13.4. The molecule has 3 aromatic carbocycles. The van der Waals surface area contributed by atoms with Gasteiger partial charge in [-0.3, -0.25) is 13.9 Å². The fraction of sp³-hybridized carbons (Fsp3) is 0.333. The fourth-order valence-corrected chi connectivity index (χ4v) is 5.93. The summed E-state index contributed by atoms with van der Waals surface area (Å²) in [5.41, 5.74) is 0.789. The van der Waals surface area contributed by atoms with Gasteiger partial charge in [0.15, 0.2) is 0 Å². The zero-order valence-corrected chi connectivity index (χ0v) is 26.9. The van der Waals surface area contributed by atoms with Crippen LogP contribution in [0.5, 0.6) is 5.75 Å². The Labute approximate surface area is 262 Å². The quantitative estimate of drug-likeness (QED) is 0.229. The number of nitrogens with zero attached hydrogens (tertiary/aromatic N) is 2. The number of rotatable bonds is 13. The van der Waals surface area contributed by atoms with Crippen LogP contribution in [-0.2, 0) is 26.2 Å². The first-order chi connectivity index (χ1) is 19.8. The number of benzene rings is 3. The molecule has 42 heavy (non-hydrogen) atoms. The molecule has 0 aliphatic carbocycles. The molecule has 0 aromatic heterocycles. The Morgan fingerprint density at radius 2 is 1.60 bits per heavy atom. The van der Waals surface area contributed by atoms with Gasteiger partial charge in [-0.05, 0) is 73.9 Å². The number of carbonyl (C=O) groups is 2. The number of sulfonamides is 1. The van der Waals surface area contributed by atoms with E-state index >= 15 is 0 Å².